The minimum absolute atomic E-state index is 0.0759. The average molecular weight is 406 g/mol. The lowest BCUT2D eigenvalue weighted by Crippen LogP contribution is -2.33. The number of anilines is 1. The zero-order valence-corrected chi connectivity index (χ0v) is 17.8. The van der Waals surface area contributed by atoms with E-state index in [0.29, 0.717) is 24.7 Å². The Balaban J connectivity index is 1.72. The first-order valence-electron chi connectivity index (χ1n) is 10.1. The second kappa shape index (κ2) is 8.22. The van der Waals surface area contributed by atoms with Gasteiger partial charge in [0.25, 0.3) is 0 Å². The number of amides is 1. The molecule has 0 aromatic carbocycles. The highest BCUT2D eigenvalue weighted by molar-refractivity contribution is 5.80. The van der Waals surface area contributed by atoms with E-state index in [0.717, 1.165) is 40.9 Å². The third-order valence-corrected chi connectivity index (χ3v) is 5.57. The molecule has 8 heteroatoms. The predicted octanol–water partition coefficient (Wildman–Crippen LogP) is 3.12. The molecule has 8 nitrogen and oxygen atoms in total. The van der Waals surface area contributed by atoms with E-state index in [-0.39, 0.29) is 11.9 Å². The zero-order valence-electron chi connectivity index (χ0n) is 17.8. The summed E-state index contributed by atoms with van der Waals surface area (Å²) < 4.78 is 5.62. The number of pyridine rings is 1. The summed E-state index contributed by atoms with van der Waals surface area (Å²) in [5.74, 6) is 1.35. The maximum absolute atomic E-state index is 13.1. The van der Waals surface area contributed by atoms with Gasteiger partial charge in [-0.2, -0.15) is 0 Å². The second-order valence-electron chi connectivity index (χ2n) is 7.87. The SMILES string of the molecule is Cc1noc(-c2cnc(N(C)C)nc2[C@@H]2CCCN2C(=O)Cc2cccnc2)c1C. The Bertz CT molecular complexity index is 1050. The number of hydrogen-bond donors (Lipinski definition) is 0. The van der Waals surface area contributed by atoms with Gasteiger partial charge in [0.1, 0.15) is 0 Å². The normalized spacial score (nSPS) is 16.1. The molecule has 3 aromatic heterocycles. The number of rotatable bonds is 5. The van der Waals surface area contributed by atoms with Crippen molar-refractivity contribution in [3.05, 3.63) is 53.2 Å². The van der Waals surface area contributed by atoms with E-state index < -0.39 is 0 Å². The van der Waals surface area contributed by atoms with Crippen LogP contribution in [0.25, 0.3) is 11.3 Å². The molecule has 1 aliphatic rings. The smallest absolute Gasteiger partial charge is 0.227 e. The van der Waals surface area contributed by atoms with Crippen LogP contribution < -0.4 is 4.90 Å². The lowest BCUT2D eigenvalue weighted by molar-refractivity contribution is -0.131. The topological polar surface area (TPSA) is 88.3 Å². The molecule has 0 saturated carbocycles. The summed E-state index contributed by atoms with van der Waals surface area (Å²) in [7, 11) is 3.81. The lowest BCUT2D eigenvalue weighted by Gasteiger charge is -2.26. The first-order valence-corrected chi connectivity index (χ1v) is 10.1. The highest BCUT2D eigenvalue weighted by atomic mass is 16.5. The molecule has 0 spiro atoms. The standard InChI is InChI=1S/C22H26N6O2/c1-14-15(2)26-30-21(14)17-13-24-22(27(3)4)25-20(17)18-8-6-10-28(18)19(29)11-16-7-5-9-23-12-16/h5,7,9,12-13,18H,6,8,10-11H2,1-4H3/t18-/m0/s1. The van der Waals surface area contributed by atoms with Crippen molar-refractivity contribution in [3.63, 3.8) is 0 Å². The molecule has 0 N–H and O–H groups in total. The molecule has 1 saturated heterocycles. The van der Waals surface area contributed by atoms with Crippen molar-refractivity contribution >= 4 is 11.9 Å². The van der Waals surface area contributed by atoms with Crippen molar-refractivity contribution in [2.45, 2.75) is 39.2 Å². The molecule has 156 valence electrons. The maximum Gasteiger partial charge on any atom is 0.227 e. The van der Waals surface area contributed by atoms with Crippen LogP contribution in [0.1, 0.15) is 41.4 Å². The Labute approximate surface area is 175 Å². The van der Waals surface area contributed by atoms with E-state index in [1.54, 1.807) is 18.6 Å². The van der Waals surface area contributed by atoms with Crippen LogP contribution >= 0.6 is 0 Å². The summed E-state index contributed by atoms with van der Waals surface area (Å²) in [6.07, 6.45) is 7.34. The van der Waals surface area contributed by atoms with Crippen molar-refractivity contribution in [1.82, 2.24) is 25.0 Å². The fourth-order valence-electron chi connectivity index (χ4n) is 3.82. The summed E-state index contributed by atoms with van der Waals surface area (Å²) in [6.45, 7) is 4.60. The number of hydrogen-bond acceptors (Lipinski definition) is 7. The van der Waals surface area contributed by atoms with Crippen molar-refractivity contribution in [1.29, 1.82) is 0 Å². The van der Waals surface area contributed by atoms with Gasteiger partial charge < -0.3 is 14.3 Å². The Morgan fingerprint density at radius 2 is 2.13 bits per heavy atom. The summed E-state index contributed by atoms with van der Waals surface area (Å²) in [4.78, 5) is 30.4. The van der Waals surface area contributed by atoms with Gasteiger partial charge >= 0.3 is 0 Å². The van der Waals surface area contributed by atoms with Gasteiger partial charge in [-0.25, -0.2) is 9.97 Å². The number of carbonyl (C=O) groups is 1. The average Bonchev–Trinajstić information content (AvgIpc) is 3.36. The predicted molar refractivity (Wildman–Crippen MR) is 113 cm³/mol. The number of likely N-dealkylation sites (tertiary alicyclic amines) is 1. The second-order valence-corrected chi connectivity index (χ2v) is 7.87. The van der Waals surface area contributed by atoms with E-state index in [4.69, 9.17) is 9.51 Å². The molecule has 0 bridgehead atoms. The number of aryl methyl sites for hydroxylation is 1. The van der Waals surface area contributed by atoms with Gasteiger partial charge in [0, 0.05) is 44.8 Å². The van der Waals surface area contributed by atoms with E-state index in [1.807, 2.05) is 49.9 Å². The molecule has 0 unspecified atom stereocenters. The molecule has 0 radical (unpaired) electrons. The van der Waals surface area contributed by atoms with Crippen molar-refractivity contribution in [3.8, 4) is 11.3 Å². The van der Waals surface area contributed by atoms with Crippen LogP contribution in [0, 0.1) is 13.8 Å². The van der Waals surface area contributed by atoms with Gasteiger partial charge in [-0.3, -0.25) is 9.78 Å². The third kappa shape index (κ3) is 3.77. The fraction of sp³-hybridized carbons (Fsp3) is 0.409. The lowest BCUT2D eigenvalue weighted by atomic mass is 10.0. The summed E-state index contributed by atoms with van der Waals surface area (Å²) in [6, 6.07) is 3.65. The van der Waals surface area contributed by atoms with Crippen LogP contribution in [0.5, 0.6) is 0 Å². The minimum atomic E-state index is -0.129. The Morgan fingerprint density at radius 3 is 2.80 bits per heavy atom. The van der Waals surface area contributed by atoms with Crippen molar-refractivity contribution < 1.29 is 9.32 Å². The van der Waals surface area contributed by atoms with Crippen LogP contribution in [-0.2, 0) is 11.2 Å². The van der Waals surface area contributed by atoms with E-state index in [2.05, 4.69) is 15.1 Å². The zero-order chi connectivity index (χ0) is 21.3. The van der Waals surface area contributed by atoms with E-state index >= 15 is 0 Å². The molecule has 0 aliphatic carbocycles. The van der Waals surface area contributed by atoms with Crippen LogP contribution in [0.3, 0.4) is 0 Å². The summed E-state index contributed by atoms with van der Waals surface area (Å²) in [5, 5.41) is 4.10. The van der Waals surface area contributed by atoms with Crippen molar-refractivity contribution in [2.75, 3.05) is 25.5 Å². The molecule has 30 heavy (non-hydrogen) atoms. The molecule has 1 fully saturated rings. The fourth-order valence-corrected chi connectivity index (χ4v) is 3.82. The van der Waals surface area contributed by atoms with Crippen molar-refractivity contribution in [2.24, 2.45) is 0 Å². The highest BCUT2D eigenvalue weighted by Crippen LogP contribution is 2.38. The highest BCUT2D eigenvalue weighted by Gasteiger charge is 2.34. The van der Waals surface area contributed by atoms with Crippen LogP contribution in [0.15, 0.2) is 35.2 Å². The summed E-state index contributed by atoms with van der Waals surface area (Å²) >= 11 is 0. The van der Waals surface area contributed by atoms with Gasteiger partial charge in [-0.15, -0.1) is 0 Å². The third-order valence-electron chi connectivity index (χ3n) is 5.57. The van der Waals surface area contributed by atoms with Crippen LogP contribution in [-0.4, -0.2) is 51.6 Å². The van der Waals surface area contributed by atoms with E-state index in [1.165, 1.54) is 0 Å². The molecule has 4 rings (SSSR count). The first kappa shape index (κ1) is 20.0. The van der Waals surface area contributed by atoms with Crippen LogP contribution in [0.4, 0.5) is 5.95 Å². The van der Waals surface area contributed by atoms with Gasteiger partial charge in [0.15, 0.2) is 5.76 Å². The first-order chi connectivity index (χ1) is 14.5. The van der Waals surface area contributed by atoms with Gasteiger partial charge in [-0.1, -0.05) is 11.2 Å². The maximum atomic E-state index is 13.1. The Kier molecular flexibility index (Phi) is 5.48. The Hall–Kier alpha value is -3.29. The number of nitrogens with zero attached hydrogens (tertiary/aromatic N) is 6. The monoisotopic (exact) mass is 406 g/mol. The Morgan fingerprint density at radius 1 is 1.30 bits per heavy atom. The van der Waals surface area contributed by atoms with E-state index in [9.17, 15) is 4.79 Å². The van der Waals surface area contributed by atoms with Crippen LogP contribution in [0.2, 0.25) is 0 Å². The molecule has 1 aliphatic heterocycles. The molecule has 1 atom stereocenters. The quantitative estimate of drug-likeness (QED) is 0.643. The molecule has 4 heterocycles. The molecular formula is C22H26N6O2. The molecular weight excluding hydrogens is 380 g/mol. The minimum Gasteiger partial charge on any atom is -0.356 e. The summed E-state index contributed by atoms with van der Waals surface area (Å²) in [5.41, 5.74) is 4.31. The van der Waals surface area contributed by atoms with Gasteiger partial charge in [0.05, 0.1) is 29.4 Å². The molecule has 1 amide bonds. The van der Waals surface area contributed by atoms with Gasteiger partial charge in [-0.05, 0) is 38.3 Å². The molecule has 3 aromatic rings. The van der Waals surface area contributed by atoms with Gasteiger partial charge in [0.2, 0.25) is 11.9 Å². The largest absolute Gasteiger partial charge is 0.356 e. The number of carbonyl (C=O) groups excluding carboxylic acids is 1. The number of aromatic nitrogens is 4.